The lowest BCUT2D eigenvalue weighted by molar-refractivity contribution is -0.140. The number of para-hydroxylation sites is 1. The number of nitrogens with zero attached hydrogens (tertiary/aromatic N) is 2. The van der Waals surface area contributed by atoms with Gasteiger partial charge >= 0.3 is 0 Å². The summed E-state index contributed by atoms with van der Waals surface area (Å²) >= 11 is 6.08. The van der Waals surface area contributed by atoms with Crippen molar-refractivity contribution < 1.29 is 18.0 Å². The second-order valence-electron chi connectivity index (χ2n) is 10.0. The van der Waals surface area contributed by atoms with E-state index in [0.29, 0.717) is 30.1 Å². The topological polar surface area (TPSA) is 86.8 Å². The number of halogens is 1. The maximum absolute atomic E-state index is 14.1. The summed E-state index contributed by atoms with van der Waals surface area (Å²) in [6.07, 6.45) is 0.940. The Morgan fingerprint density at radius 1 is 0.900 bits per heavy atom. The van der Waals surface area contributed by atoms with Gasteiger partial charge in [-0.1, -0.05) is 87.8 Å². The fraction of sp³-hybridized carbons (Fsp3) is 0.355. The maximum Gasteiger partial charge on any atom is 0.264 e. The summed E-state index contributed by atoms with van der Waals surface area (Å²) in [6.45, 7) is 7.90. The molecule has 0 saturated heterocycles. The molecule has 0 saturated carbocycles. The zero-order chi connectivity index (χ0) is 29.3. The monoisotopic (exact) mass is 583 g/mol. The van der Waals surface area contributed by atoms with E-state index in [0.717, 1.165) is 15.4 Å². The smallest absolute Gasteiger partial charge is 0.264 e. The van der Waals surface area contributed by atoms with E-state index in [1.54, 1.807) is 54.6 Å². The van der Waals surface area contributed by atoms with E-state index >= 15 is 0 Å². The van der Waals surface area contributed by atoms with Crippen molar-refractivity contribution in [3.63, 3.8) is 0 Å². The van der Waals surface area contributed by atoms with Gasteiger partial charge in [0.1, 0.15) is 12.6 Å². The van der Waals surface area contributed by atoms with Gasteiger partial charge in [0, 0.05) is 18.1 Å². The molecule has 0 aromatic heterocycles. The maximum atomic E-state index is 14.1. The molecule has 3 aromatic rings. The molecule has 40 heavy (non-hydrogen) atoms. The zero-order valence-corrected chi connectivity index (χ0v) is 25.1. The highest BCUT2D eigenvalue weighted by molar-refractivity contribution is 7.92. The Labute approximate surface area is 243 Å². The molecule has 0 radical (unpaired) electrons. The minimum atomic E-state index is -4.10. The molecule has 9 heteroatoms. The first-order valence-electron chi connectivity index (χ1n) is 13.6. The first-order chi connectivity index (χ1) is 19.1. The van der Waals surface area contributed by atoms with Crippen LogP contribution in [0.1, 0.15) is 45.2 Å². The lowest BCUT2D eigenvalue weighted by Crippen LogP contribution is -2.52. The molecule has 7 nitrogen and oxygen atoms in total. The summed E-state index contributed by atoms with van der Waals surface area (Å²) in [5.74, 6) is -0.518. The minimum Gasteiger partial charge on any atom is -0.354 e. The number of carbonyl (C=O) groups excluding carboxylic acids is 2. The summed E-state index contributed by atoms with van der Waals surface area (Å²) in [5.41, 5.74) is 2.01. The van der Waals surface area contributed by atoms with Crippen LogP contribution in [-0.2, 0) is 32.6 Å². The fourth-order valence-electron chi connectivity index (χ4n) is 4.41. The van der Waals surface area contributed by atoms with E-state index in [2.05, 4.69) is 5.32 Å². The molecule has 0 spiro atoms. The van der Waals surface area contributed by atoms with E-state index < -0.39 is 28.5 Å². The van der Waals surface area contributed by atoms with E-state index in [4.69, 9.17) is 11.6 Å². The van der Waals surface area contributed by atoms with Crippen molar-refractivity contribution in [2.45, 2.75) is 58.0 Å². The van der Waals surface area contributed by atoms with Crippen molar-refractivity contribution in [1.82, 2.24) is 10.2 Å². The van der Waals surface area contributed by atoms with Crippen LogP contribution in [0.2, 0.25) is 5.02 Å². The minimum absolute atomic E-state index is 0.0830. The molecule has 1 atom stereocenters. The summed E-state index contributed by atoms with van der Waals surface area (Å²) in [5, 5.41) is 3.49. The summed E-state index contributed by atoms with van der Waals surface area (Å²) in [7, 11) is -4.10. The number of hydrogen-bond donors (Lipinski definition) is 1. The highest BCUT2D eigenvalue weighted by Gasteiger charge is 2.34. The number of amides is 2. The van der Waals surface area contributed by atoms with Gasteiger partial charge in [0.2, 0.25) is 11.8 Å². The third-order valence-electron chi connectivity index (χ3n) is 6.59. The Hall–Kier alpha value is -3.36. The molecule has 3 rings (SSSR count). The average molecular weight is 584 g/mol. The van der Waals surface area contributed by atoms with Crippen LogP contribution in [0.4, 0.5) is 5.69 Å². The molecule has 0 aliphatic heterocycles. The van der Waals surface area contributed by atoms with Gasteiger partial charge in [-0.15, -0.1) is 0 Å². The quantitative estimate of drug-likeness (QED) is 0.281. The van der Waals surface area contributed by atoms with Gasteiger partial charge < -0.3 is 10.2 Å². The first-order valence-corrected chi connectivity index (χ1v) is 15.4. The van der Waals surface area contributed by atoms with Gasteiger partial charge in [-0.2, -0.15) is 0 Å². The van der Waals surface area contributed by atoms with Gasteiger partial charge in [-0.3, -0.25) is 13.9 Å². The van der Waals surface area contributed by atoms with E-state index in [1.165, 1.54) is 17.0 Å². The summed E-state index contributed by atoms with van der Waals surface area (Å²) in [4.78, 5) is 29.0. The van der Waals surface area contributed by atoms with Crippen molar-refractivity contribution in [3.05, 3.63) is 95.0 Å². The number of aryl methyl sites for hydroxylation is 1. The number of hydrogen-bond acceptors (Lipinski definition) is 4. The predicted molar refractivity (Wildman–Crippen MR) is 161 cm³/mol. The molecule has 0 fully saturated rings. The summed E-state index contributed by atoms with van der Waals surface area (Å²) in [6, 6.07) is 21.5. The zero-order valence-electron chi connectivity index (χ0n) is 23.5. The van der Waals surface area contributed by atoms with Crippen molar-refractivity contribution in [2.75, 3.05) is 17.4 Å². The normalized spacial score (nSPS) is 12.2. The fourth-order valence-corrected chi connectivity index (χ4v) is 6.01. The molecule has 0 aliphatic rings. The molecule has 214 valence electrons. The van der Waals surface area contributed by atoms with Crippen molar-refractivity contribution in [1.29, 1.82) is 0 Å². The Balaban J connectivity index is 2.06. The van der Waals surface area contributed by atoms with Crippen LogP contribution in [0.3, 0.4) is 0 Å². The van der Waals surface area contributed by atoms with Gasteiger partial charge in [-0.05, 0) is 60.2 Å². The molecular formula is C31H38ClN3O4S. The first kappa shape index (κ1) is 31.2. The number of carbonyl (C=O) groups is 2. The lowest BCUT2D eigenvalue weighted by atomic mass is 10.1. The van der Waals surface area contributed by atoms with E-state index in [-0.39, 0.29) is 23.3 Å². The van der Waals surface area contributed by atoms with Crippen LogP contribution in [0.25, 0.3) is 0 Å². The lowest BCUT2D eigenvalue weighted by Gasteiger charge is -2.33. The van der Waals surface area contributed by atoms with E-state index in [9.17, 15) is 18.0 Å². The number of benzene rings is 3. The van der Waals surface area contributed by atoms with Crippen LogP contribution < -0.4 is 9.62 Å². The third-order valence-corrected chi connectivity index (χ3v) is 8.61. The van der Waals surface area contributed by atoms with Gasteiger partial charge in [0.05, 0.1) is 10.6 Å². The molecule has 0 aliphatic carbocycles. The Kier molecular flexibility index (Phi) is 11.2. The second-order valence-corrected chi connectivity index (χ2v) is 12.3. The van der Waals surface area contributed by atoms with Crippen molar-refractivity contribution >= 4 is 39.1 Å². The molecule has 0 unspecified atom stereocenters. The van der Waals surface area contributed by atoms with E-state index in [1.807, 2.05) is 39.8 Å². The van der Waals surface area contributed by atoms with Crippen LogP contribution in [0.5, 0.6) is 0 Å². The molecule has 2 amide bonds. The Bertz CT molecular complexity index is 1380. The molecule has 0 bridgehead atoms. The molecule has 1 N–H and O–H groups in total. The van der Waals surface area contributed by atoms with Gasteiger partial charge in [0.15, 0.2) is 0 Å². The highest BCUT2D eigenvalue weighted by atomic mass is 35.5. The van der Waals surface area contributed by atoms with Gasteiger partial charge in [-0.25, -0.2) is 8.42 Å². The van der Waals surface area contributed by atoms with Crippen molar-refractivity contribution in [2.24, 2.45) is 5.92 Å². The van der Waals surface area contributed by atoms with Gasteiger partial charge in [0.25, 0.3) is 10.0 Å². The van der Waals surface area contributed by atoms with Crippen LogP contribution >= 0.6 is 11.6 Å². The number of nitrogens with one attached hydrogen (secondary N) is 1. The van der Waals surface area contributed by atoms with Crippen molar-refractivity contribution in [3.8, 4) is 0 Å². The molecule has 3 aromatic carbocycles. The summed E-state index contributed by atoms with van der Waals surface area (Å²) < 4.78 is 29.1. The largest absolute Gasteiger partial charge is 0.354 e. The highest BCUT2D eigenvalue weighted by Crippen LogP contribution is 2.28. The molecular weight excluding hydrogens is 546 g/mol. The average Bonchev–Trinajstić information content (AvgIpc) is 2.95. The van der Waals surface area contributed by atoms with Crippen LogP contribution in [-0.4, -0.2) is 44.3 Å². The number of rotatable bonds is 13. The standard InChI is InChI=1S/C31H38ClN3O4S/c1-5-25-12-10-11-15-29(25)35(40(38,39)27-13-8-7-9-14-27)22-30(36)34(21-24-16-18-26(32)19-17-24)28(6-2)31(37)33-20-23(3)4/h7-19,23,28H,5-6,20-22H2,1-4H3,(H,33,37)/t28-/m1/s1. The SMILES string of the molecule is CCc1ccccc1N(CC(=O)N(Cc1ccc(Cl)cc1)[C@H](CC)C(=O)NCC(C)C)S(=O)(=O)c1ccccc1. The van der Waals surface area contributed by atoms with Crippen LogP contribution in [0.15, 0.2) is 83.8 Å². The third kappa shape index (κ3) is 7.86. The Morgan fingerprint density at radius 3 is 2.12 bits per heavy atom. The second kappa shape index (κ2) is 14.3. The van der Waals surface area contributed by atoms with Crippen LogP contribution in [0, 0.1) is 5.92 Å². The predicted octanol–water partition coefficient (Wildman–Crippen LogP) is 5.68. The Morgan fingerprint density at radius 2 is 1.52 bits per heavy atom. The molecule has 0 heterocycles. The number of anilines is 1. The number of sulfonamides is 1.